The Balaban J connectivity index is 1.65. The number of rotatable bonds is 5. The minimum Gasteiger partial charge on any atom is -0.367 e. The quantitative estimate of drug-likeness (QED) is 0.605. The lowest BCUT2D eigenvalue weighted by atomic mass is 10.1. The molecule has 0 bridgehead atoms. The van der Waals surface area contributed by atoms with Crippen molar-refractivity contribution in [1.29, 1.82) is 0 Å². The Morgan fingerprint density at radius 1 is 1.04 bits per heavy atom. The van der Waals surface area contributed by atoms with Gasteiger partial charge in [0.2, 0.25) is 0 Å². The van der Waals surface area contributed by atoms with E-state index in [9.17, 15) is 0 Å². The van der Waals surface area contributed by atoms with Crippen LogP contribution in [0.3, 0.4) is 0 Å². The molecular formula is C18H17N7. The van der Waals surface area contributed by atoms with Gasteiger partial charge in [0.15, 0.2) is 5.65 Å². The summed E-state index contributed by atoms with van der Waals surface area (Å²) < 4.78 is 1.80. The third-order valence-corrected chi connectivity index (χ3v) is 3.86. The number of nitrogens with zero attached hydrogens (tertiary/aromatic N) is 6. The van der Waals surface area contributed by atoms with Gasteiger partial charge in [0, 0.05) is 61.1 Å². The minimum absolute atomic E-state index is 0.164. The van der Waals surface area contributed by atoms with Crippen LogP contribution in [0.4, 0.5) is 5.82 Å². The van der Waals surface area contributed by atoms with Crippen molar-refractivity contribution in [3.8, 4) is 11.3 Å². The molecule has 4 aromatic rings. The molecular weight excluding hydrogens is 314 g/mol. The second kappa shape index (κ2) is 6.64. The van der Waals surface area contributed by atoms with Gasteiger partial charge in [0.1, 0.15) is 5.82 Å². The summed E-state index contributed by atoms with van der Waals surface area (Å²) in [5.74, 6) is 0.887. The highest BCUT2D eigenvalue weighted by molar-refractivity contribution is 5.66. The minimum atomic E-state index is 0.164. The van der Waals surface area contributed by atoms with Gasteiger partial charge in [-0.2, -0.15) is 9.61 Å². The molecule has 0 aliphatic carbocycles. The van der Waals surface area contributed by atoms with Crippen molar-refractivity contribution in [3.05, 3.63) is 67.1 Å². The van der Waals surface area contributed by atoms with Crippen LogP contribution < -0.4 is 5.32 Å². The molecule has 1 atom stereocenters. The Labute approximate surface area is 144 Å². The predicted molar refractivity (Wildman–Crippen MR) is 95.0 cm³/mol. The Morgan fingerprint density at radius 3 is 2.72 bits per heavy atom. The Bertz CT molecular complexity index is 967. The summed E-state index contributed by atoms with van der Waals surface area (Å²) in [5.41, 5.74) is 3.64. The molecule has 7 nitrogen and oxygen atoms in total. The van der Waals surface area contributed by atoms with E-state index in [0.717, 1.165) is 34.8 Å². The fourth-order valence-corrected chi connectivity index (χ4v) is 2.74. The normalized spacial score (nSPS) is 12.2. The number of aromatic nitrogens is 6. The lowest BCUT2D eigenvalue weighted by Crippen LogP contribution is -2.21. The summed E-state index contributed by atoms with van der Waals surface area (Å²) in [6.45, 7) is 2.11. The van der Waals surface area contributed by atoms with Gasteiger partial charge in [0.05, 0.1) is 17.6 Å². The molecule has 4 aromatic heterocycles. The van der Waals surface area contributed by atoms with Crippen molar-refractivity contribution in [2.45, 2.75) is 19.4 Å². The number of anilines is 1. The summed E-state index contributed by atoms with van der Waals surface area (Å²) in [6, 6.07) is 7.95. The van der Waals surface area contributed by atoms with E-state index in [2.05, 4.69) is 37.3 Å². The van der Waals surface area contributed by atoms with Gasteiger partial charge >= 0.3 is 0 Å². The predicted octanol–water partition coefficient (Wildman–Crippen LogP) is 2.62. The van der Waals surface area contributed by atoms with Gasteiger partial charge in [-0.1, -0.05) is 0 Å². The third-order valence-electron chi connectivity index (χ3n) is 3.86. The van der Waals surface area contributed by atoms with Gasteiger partial charge in [-0.15, -0.1) is 0 Å². The zero-order chi connectivity index (χ0) is 17.1. The zero-order valence-corrected chi connectivity index (χ0v) is 13.7. The standard InChI is InChI=1S/C18H17N7/c1-13(10-15-12-20-8-9-21-15)23-18-11-16(14-2-5-19-6-3-14)24-17-4-7-22-25(17)18/h2-9,11-13,23H,10H2,1H3. The fraction of sp³-hybridized carbons (Fsp3) is 0.167. The first kappa shape index (κ1) is 15.2. The Hall–Kier alpha value is -3.35. The maximum atomic E-state index is 4.67. The Morgan fingerprint density at radius 2 is 1.92 bits per heavy atom. The lowest BCUT2D eigenvalue weighted by molar-refractivity contribution is 0.750. The molecule has 1 N–H and O–H groups in total. The zero-order valence-electron chi connectivity index (χ0n) is 13.7. The van der Waals surface area contributed by atoms with Crippen LogP contribution in [0.2, 0.25) is 0 Å². The first-order valence-electron chi connectivity index (χ1n) is 8.06. The molecule has 1 unspecified atom stereocenters. The highest BCUT2D eigenvalue weighted by Gasteiger charge is 2.11. The van der Waals surface area contributed by atoms with Gasteiger partial charge < -0.3 is 5.32 Å². The molecule has 0 amide bonds. The maximum Gasteiger partial charge on any atom is 0.157 e. The summed E-state index contributed by atoms with van der Waals surface area (Å²) in [4.78, 5) is 17.2. The number of hydrogen-bond acceptors (Lipinski definition) is 6. The summed E-state index contributed by atoms with van der Waals surface area (Å²) >= 11 is 0. The molecule has 25 heavy (non-hydrogen) atoms. The molecule has 0 saturated heterocycles. The average molecular weight is 331 g/mol. The van der Waals surface area contributed by atoms with Gasteiger partial charge in [-0.25, -0.2) is 4.98 Å². The van der Waals surface area contributed by atoms with Crippen molar-refractivity contribution in [2.24, 2.45) is 0 Å². The first-order valence-corrected chi connectivity index (χ1v) is 8.06. The van der Waals surface area contributed by atoms with Crippen molar-refractivity contribution < 1.29 is 0 Å². The molecule has 0 fully saturated rings. The van der Waals surface area contributed by atoms with E-state index in [0.29, 0.717) is 0 Å². The van der Waals surface area contributed by atoms with E-state index in [1.807, 2.05) is 24.3 Å². The van der Waals surface area contributed by atoms with E-state index in [4.69, 9.17) is 0 Å². The van der Waals surface area contributed by atoms with Crippen LogP contribution >= 0.6 is 0 Å². The van der Waals surface area contributed by atoms with Crippen LogP contribution in [0.15, 0.2) is 61.4 Å². The van der Waals surface area contributed by atoms with Crippen LogP contribution in [0.25, 0.3) is 16.9 Å². The molecule has 0 saturated carbocycles. The number of fused-ring (bicyclic) bond motifs is 1. The van der Waals surface area contributed by atoms with Gasteiger partial charge in [-0.05, 0) is 19.1 Å². The van der Waals surface area contributed by atoms with Crippen LogP contribution in [0, 0.1) is 0 Å². The van der Waals surface area contributed by atoms with Crippen LogP contribution in [-0.4, -0.2) is 35.6 Å². The van der Waals surface area contributed by atoms with Crippen LogP contribution in [0.5, 0.6) is 0 Å². The van der Waals surface area contributed by atoms with Gasteiger partial charge in [0.25, 0.3) is 0 Å². The van der Waals surface area contributed by atoms with Crippen LogP contribution in [-0.2, 0) is 6.42 Å². The largest absolute Gasteiger partial charge is 0.367 e. The number of pyridine rings is 1. The maximum absolute atomic E-state index is 4.67. The smallest absolute Gasteiger partial charge is 0.157 e. The Kier molecular flexibility index (Phi) is 4.04. The molecule has 0 spiro atoms. The second-order valence-corrected chi connectivity index (χ2v) is 5.81. The lowest BCUT2D eigenvalue weighted by Gasteiger charge is -2.16. The van der Waals surface area contributed by atoms with Crippen molar-refractivity contribution in [3.63, 3.8) is 0 Å². The van der Waals surface area contributed by atoms with Crippen molar-refractivity contribution >= 4 is 11.5 Å². The summed E-state index contributed by atoms with van der Waals surface area (Å²) in [5, 5.41) is 7.87. The summed E-state index contributed by atoms with van der Waals surface area (Å²) in [7, 11) is 0. The summed E-state index contributed by atoms with van der Waals surface area (Å²) in [6.07, 6.45) is 11.2. The first-order chi connectivity index (χ1) is 12.3. The SMILES string of the molecule is CC(Cc1cnccn1)Nc1cc(-c2ccncc2)nc2ccnn12. The average Bonchev–Trinajstić information content (AvgIpc) is 3.12. The van der Waals surface area contributed by atoms with Crippen molar-refractivity contribution in [2.75, 3.05) is 5.32 Å². The number of hydrogen-bond donors (Lipinski definition) is 1. The highest BCUT2D eigenvalue weighted by atomic mass is 15.3. The topological polar surface area (TPSA) is 80.9 Å². The van der Waals surface area contributed by atoms with E-state index >= 15 is 0 Å². The molecule has 7 heteroatoms. The van der Waals surface area contributed by atoms with Crippen LogP contribution in [0.1, 0.15) is 12.6 Å². The molecule has 4 heterocycles. The monoisotopic (exact) mass is 331 g/mol. The van der Waals surface area contributed by atoms with Gasteiger partial charge in [-0.3, -0.25) is 15.0 Å². The highest BCUT2D eigenvalue weighted by Crippen LogP contribution is 2.22. The molecule has 0 aliphatic heterocycles. The molecule has 0 radical (unpaired) electrons. The number of nitrogens with one attached hydrogen (secondary N) is 1. The molecule has 0 aromatic carbocycles. The van der Waals surface area contributed by atoms with E-state index in [1.165, 1.54) is 0 Å². The third kappa shape index (κ3) is 3.30. The molecule has 4 rings (SSSR count). The second-order valence-electron chi connectivity index (χ2n) is 5.81. The van der Waals surface area contributed by atoms with E-state index < -0.39 is 0 Å². The van der Waals surface area contributed by atoms with Crippen molar-refractivity contribution in [1.82, 2.24) is 29.5 Å². The molecule has 124 valence electrons. The van der Waals surface area contributed by atoms with E-state index in [-0.39, 0.29) is 6.04 Å². The molecule has 0 aliphatic rings. The van der Waals surface area contributed by atoms with E-state index in [1.54, 1.807) is 41.7 Å². The fourth-order valence-electron chi connectivity index (χ4n) is 2.74.